The summed E-state index contributed by atoms with van der Waals surface area (Å²) in [6.07, 6.45) is 1.17. The standard InChI is InChI=1S/C11H18N4O2/c1-7-8(12)9(14-13-7)10(16)15-5-3-11(2,17)4-6-15/h17H,3-6,12H2,1-2H3,(H,13,14). The van der Waals surface area contributed by atoms with Crippen LogP contribution in [0.25, 0.3) is 0 Å². The number of hydrogen-bond donors (Lipinski definition) is 3. The van der Waals surface area contributed by atoms with Crippen LogP contribution >= 0.6 is 0 Å². The molecule has 6 heteroatoms. The van der Waals surface area contributed by atoms with Crippen molar-refractivity contribution in [3.05, 3.63) is 11.4 Å². The van der Waals surface area contributed by atoms with Gasteiger partial charge in [0.25, 0.3) is 5.91 Å². The number of amides is 1. The quantitative estimate of drug-likeness (QED) is 0.655. The van der Waals surface area contributed by atoms with Crippen LogP contribution in [0.2, 0.25) is 0 Å². The molecule has 0 aliphatic carbocycles. The van der Waals surface area contributed by atoms with Gasteiger partial charge in [-0.25, -0.2) is 0 Å². The maximum atomic E-state index is 12.1. The number of piperidine rings is 1. The van der Waals surface area contributed by atoms with Crippen LogP contribution in [0, 0.1) is 6.92 Å². The molecule has 6 nitrogen and oxygen atoms in total. The molecule has 2 heterocycles. The number of rotatable bonds is 1. The number of aromatic nitrogens is 2. The maximum absolute atomic E-state index is 12.1. The summed E-state index contributed by atoms with van der Waals surface area (Å²) in [7, 11) is 0. The van der Waals surface area contributed by atoms with Crippen molar-refractivity contribution >= 4 is 11.6 Å². The van der Waals surface area contributed by atoms with Gasteiger partial charge in [-0.3, -0.25) is 9.89 Å². The van der Waals surface area contributed by atoms with Gasteiger partial charge in [-0.1, -0.05) is 0 Å². The Kier molecular flexibility index (Phi) is 2.82. The molecule has 0 unspecified atom stereocenters. The van der Waals surface area contributed by atoms with E-state index in [1.54, 1.807) is 18.7 Å². The van der Waals surface area contributed by atoms with Crippen molar-refractivity contribution in [2.75, 3.05) is 18.8 Å². The van der Waals surface area contributed by atoms with Crippen LogP contribution in [0.1, 0.15) is 35.9 Å². The molecule has 1 saturated heterocycles. The molecule has 94 valence electrons. The molecule has 0 spiro atoms. The summed E-state index contributed by atoms with van der Waals surface area (Å²) in [5.74, 6) is -0.164. The predicted octanol–water partition coefficient (Wildman–Crippen LogP) is 0.287. The molecule has 1 aliphatic rings. The van der Waals surface area contributed by atoms with E-state index in [0.717, 1.165) is 0 Å². The zero-order chi connectivity index (χ0) is 12.6. The molecular formula is C11H18N4O2. The third-order valence-corrected chi connectivity index (χ3v) is 3.32. The fourth-order valence-corrected chi connectivity index (χ4v) is 1.94. The highest BCUT2D eigenvalue weighted by Crippen LogP contribution is 2.23. The average Bonchev–Trinajstić information content (AvgIpc) is 2.59. The van der Waals surface area contributed by atoms with Gasteiger partial charge in [0.05, 0.1) is 17.0 Å². The Morgan fingerprint density at radius 3 is 2.59 bits per heavy atom. The lowest BCUT2D eigenvalue weighted by atomic mass is 9.94. The van der Waals surface area contributed by atoms with E-state index >= 15 is 0 Å². The zero-order valence-corrected chi connectivity index (χ0v) is 10.2. The number of carbonyl (C=O) groups is 1. The number of nitrogens with one attached hydrogen (secondary N) is 1. The SMILES string of the molecule is Cc1[nH]nc(C(=O)N2CCC(C)(O)CC2)c1N. The summed E-state index contributed by atoms with van der Waals surface area (Å²) >= 11 is 0. The third kappa shape index (κ3) is 2.26. The van der Waals surface area contributed by atoms with Crippen LogP contribution in [0.3, 0.4) is 0 Å². The van der Waals surface area contributed by atoms with Crippen LogP contribution in [0.15, 0.2) is 0 Å². The second-order valence-electron chi connectivity index (χ2n) is 4.90. The number of aromatic amines is 1. The van der Waals surface area contributed by atoms with Crippen molar-refractivity contribution in [3.63, 3.8) is 0 Å². The van der Waals surface area contributed by atoms with Crippen LogP contribution in [-0.2, 0) is 0 Å². The van der Waals surface area contributed by atoms with Crippen molar-refractivity contribution < 1.29 is 9.90 Å². The van der Waals surface area contributed by atoms with E-state index in [-0.39, 0.29) is 11.6 Å². The Bertz CT molecular complexity index is 429. The number of likely N-dealkylation sites (tertiary alicyclic amines) is 1. The van der Waals surface area contributed by atoms with Gasteiger partial charge < -0.3 is 15.7 Å². The Morgan fingerprint density at radius 1 is 1.53 bits per heavy atom. The molecule has 1 amide bonds. The molecule has 4 N–H and O–H groups in total. The molecule has 0 aromatic carbocycles. The number of nitrogen functional groups attached to an aromatic ring is 1. The summed E-state index contributed by atoms with van der Waals surface area (Å²) in [6, 6.07) is 0. The molecule has 1 fully saturated rings. The highest BCUT2D eigenvalue weighted by molar-refractivity contribution is 5.97. The molecule has 17 heavy (non-hydrogen) atoms. The Morgan fingerprint density at radius 2 is 2.12 bits per heavy atom. The number of anilines is 1. The van der Waals surface area contributed by atoms with Gasteiger partial charge in [0.1, 0.15) is 0 Å². The lowest BCUT2D eigenvalue weighted by molar-refractivity contribution is -0.00215. The van der Waals surface area contributed by atoms with E-state index in [4.69, 9.17) is 5.73 Å². The fourth-order valence-electron chi connectivity index (χ4n) is 1.94. The van der Waals surface area contributed by atoms with Crippen molar-refractivity contribution in [2.45, 2.75) is 32.3 Å². The second-order valence-corrected chi connectivity index (χ2v) is 4.90. The number of H-pyrrole nitrogens is 1. The van der Waals surface area contributed by atoms with Gasteiger partial charge in [-0.15, -0.1) is 0 Å². The molecule has 0 radical (unpaired) electrons. The average molecular weight is 238 g/mol. The van der Waals surface area contributed by atoms with Gasteiger partial charge >= 0.3 is 0 Å². The number of aliphatic hydroxyl groups is 1. The molecule has 1 aliphatic heterocycles. The molecule has 0 bridgehead atoms. The molecule has 1 aromatic heterocycles. The Labute approximate surface area is 99.8 Å². The van der Waals surface area contributed by atoms with E-state index in [0.29, 0.717) is 37.3 Å². The summed E-state index contributed by atoms with van der Waals surface area (Å²) in [5.41, 5.74) is 6.51. The van der Waals surface area contributed by atoms with E-state index < -0.39 is 5.60 Å². The van der Waals surface area contributed by atoms with Crippen LogP contribution in [0.5, 0.6) is 0 Å². The van der Waals surface area contributed by atoms with E-state index in [1.165, 1.54) is 0 Å². The lowest BCUT2D eigenvalue weighted by Gasteiger charge is -2.35. The van der Waals surface area contributed by atoms with Crippen molar-refractivity contribution in [3.8, 4) is 0 Å². The molecule has 2 rings (SSSR count). The van der Waals surface area contributed by atoms with Crippen LogP contribution < -0.4 is 5.73 Å². The second kappa shape index (κ2) is 4.03. The molecule has 0 atom stereocenters. The maximum Gasteiger partial charge on any atom is 0.276 e. The van der Waals surface area contributed by atoms with E-state index in [2.05, 4.69) is 10.2 Å². The minimum atomic E-state index is -0.663. The normalized spacial score (nSPS) is 19.4. The fraction of sp³-hybridized carbons (Fsp3) is 0.636. The zero-order valence-electron chi connectivity index (χ0n) is 10.2. The van der Waals surface area contributed by atoms with E-state index in [1.807, 2.05) is 0 Å². The Balaban J connectivity index is 2.10. The van der Waals surface area contributed by atoms with Gasteiger partial charge in [-0.05, 0) is 26.7 Å². The van der Waals surface area contributed by atoms with Crippen molar-refractivity contribution in [2.24, 2.45) is 0 Å². The minimum Gasteiger partial charge on any atom is -0.395 e. The number of nitrogens with two attached hydrogens (primary N) is 1. The number of carbonyl (C=O) groups excluding carboxylic acids is 1. The highest BCUT2D eigenvalue weighted by atomic mass is 16.3. The molecule has 0 saturated carbocycles. The van der Waals surface area contributed by atoms with E-state index in [9.17, 15) is 9.90 Å². The minimum absolute atomic E-state index is 0.164. The van der Waals surface area contributed by atoms with Gasteiger partial charge in [0.15, 0.2) is 5.69 Å². The van der Waals surface area contributed by atoms with Crippen LogP contribution in [0.4, 0.5) is 5.69 Å². The van der Waals surface area contributed by atoms with Crippen molar-refractivity contribution in [1.29, 1.82) is 0 Å². The third-order valence-electron chi connectivity index (χ3n) is 3.32. The van der Waals surface area contributed by atoms with Gasteiger partial charge in [-0.2, -0.15) is 5.10 Å². The largest absolute Gasteiger partial charge is 0.395 e. The lowest BCUT2D eigenvalue weighted by Crippen LogP contribution is -2.45. The first-order chi connectivity index (χ1) is 7.91. The first kappa shape index (κ1) is 11.9. The highest BCUT2D eigenvalue weighted by Gasteiger charge is 2.31. The van der Waals surface area contributed by atoms with Crippen molar-refractivity contribution in [1.82, 2.24) is 15.1 Å². The smallest absolute Gasteiger partial charge is 0.276 e. The number of hydrogen-bond acceptors (Lipinski definition) is 4. The first-order valence-electron chi connectivity index (χ1n) is 5.73. The summed E-state index contributed by atoms with van der Waals surface area (Å²) in [4.78, 5) is 13.8. The first-order valence-corrected chi connectivity index (χ1v) is 5.73. The number of aryl methyl sites for hydroxylation is 1. The summed E-state index contributed by atoms with van der Waals surface area (Å²) in [6.45, 7) is 4.65. The Hall–Kier alpha value is -1.56. The summed E-state index contributed by atoms with van der Waals surface area (Å²) < 4.78 is 0. The molecular weight excluding hydrogens is 220 g/mol. The van der Waals surface area contributed by atoms with Gasteiger partial charge in [0.2, 0.25) is 0 Å². The monoisotopic (exact) mass is 238 g/mol. The predicted molar refractivity (Wildman–Crippen MR) is 63.5 cm³/mol. The van der Waals surface area contributed by atoms with Crippen LogP contribution in [-0.4, -0.2) is 44.8 Å². The topological polar surface area (TPSA) is 95.2 Å². The van der Waals surface area contributed by atoms with Gasteiger partial charge in [0, 0.05) is 13.1 Å². The summed E-state index contributed by atoms with van der Waals surface area (Å²) in [5, 5.41) is 16.4. The molecule has 1 aromatic rings. The number of nitrogens with zero attached hydrogens (tertiary/aromatic N) is 2.